The Hall–Kier alpha value is -0.610. The fourth-order valence-corrected chi connectivity index (χ4v) is 2.63. The van der Waals surface area contributed by atoms with Crippen LogP contribution in [-0.4, -0.2) is 31.2 Å². The first-order chi connectivity index (χ1) is 8.13. The molecule has 2 rings (SSSR count). The molecule has 0 aromatic heterocycles. The van der Waals surface area contributed by atoms with E-state index >= 15 is 0 Å². The molecule has 3 N–H and O–H groups in total. The van der Waals surface area contributed by atoms with Crippen LogP contribution in [0.15, 0.2) is 0 Å². The van der Waals surface area contributed by atoms with Crippen LogP contribution in [0.1, 0.15) is 33.1 Å². The molecule has 1 saturated carbocycles. The predicted molar refractivity (Wildman–Crippen MR) is 66.4 cm³/mol. The van der Waals surface area contributed by atoms with Gasteiger partial charge in [-0.05, 0) is 31.1 Å². The molecule has 4 nitrogen and oxygen atoms in total. The lowest BCUT2D eigenvalue weighted by Gasteiger charge is -2.24. The summed E-state index contributed by atoms with van der Waals surface area (Å²) in [7, 11) is 0. The number of ether oxygens (including phenoxy) is 1. The summed E-state index contributed by atoms with van der Waals surface area (Å²) in [6.45, 7) is 5.29. The molecule has 0 aromatic carbocycles. The van der Waals surface area contributed by atoms with Crippen LogP contribution in [0.25, 0.3) is 0 Å². The van der Waals surface area contributed by atoms with Crippen molar-refractivity contribution in [3.05, 3.63) is 0 Å². The highest BCUT2D eigenvalue weighted by Crippen LogP contribution is 2.38. The molecular weight excluding hydrogens is 216 g/mol. The van der Waals surface area contributed by atoms with E-state index < -0.39 is 0 Å². The van der Waals surface area contributed by atoms with Crippen LogP contribution in [0.3, 0.4) is 0 Å². The summed E-state index contributed by atoms with van der Waals surface area (Å²) in [4.78, 5) is 12.1. The Kier molecular flexibility index (Phi) is 4.05. The van der Waals surface area contributed by atoms with Crippen molar-refractivity contribution in [1.82, 2.24) is 5.32 Å². The van der Waals surface area contributed by atoms with E-state index in [9.17, 15) is 4.79 Å². The zero-order chi connectivity index (χ0) is 12.4. The number of amides is 1. The normalized spacial score (nSPS) is 30.6. The minimum absolute atomic E-state index is 0.0737. The highest BCUT2D eigenvalue weighted by molar-refractivity contribution is 5.79. The maximum absolute atomic E-state index is 12.1. The van der Waals surface area contributed by atoms with Gasteiger partial charge in [-0.2, -0.15) is 0 Å². The molecule has 0 spiro atoms. The maximum atomic E-state index is 12.1. The number of hydrogen-bond donors (Lipinski definition) is 2. The van der Waals surface area contributed by atoms with E-state index in [2.05, 4.69) is 5.32 Å². The summed E-state index contributed by atoms with van der Waals surface area (Å²) in [6.07, 6.45) is 3.70. The monoisotopic (exact) mass is 240 g/mol. The molecule has 1 saturated heterocycles. The third kappa shape index (κ3) is 2.99. The van der Waals surface area contributed by atoms with Gasteiger partial charge in [-0.15, -0.1) is 0 Å². The molecule has 3 unspecified atom stereocenters. The van der Waals surface area contributed by atoms with E-state index in [1.165, 1.54) is 12.8 Å². The highest BCUT2D eigenvalue weighted by Gasteiger charge is 2.41. The number of nitrogens with one attached hydrogen (secondary N) is 1. The van der Waals surface area contributed by atoms with Gasteiger partial charge in [0, 0.05) is 13.2 Å². The lowest BCUT2D eigenvalue weighted by atomic mass is 9.94. The number of hydrogen-bond acceptors (Lipinski definition) is 3. The minimum atomic E-state index is -0.0737. The smallest absolute Gasteiger partial charge is 0.224 e. The van der Waals surface area contributed by atoms with E-state index in [0.717, 1.165) is 13.0 Å². The van der Waals surface area contributed by atoms with Crippen molar-refractivity contribution in [2.45, 2.75) is 45.3 Å². The van der Waals surface area contributed by atoms with Gasteiger partial charge in [0.2, 0.25) is 5.91 Å². The topological polar surface area (TPSA) is 64.4 Å². The van der Waals surface area contributed by atoms with Gasteiger partial charge >= 0.3 is 0 Å². The van der Waals surface area contributed by atoms with Crippen LogP contribution in [0.5, 0.6) is 0 Å². The van der Waals surface area contributed by atoms with Gasteiger partial charge in [0.15, 0.2) is 0 Å². The van der Waals surface area contributed by atoms with E-state index in [1.807, 2.05) is 13.8 Å². The number of carbonyl (C=O) groups excluding carboxylic acids is 1. The van der Waals surface area contributed by atoms with Gasteiger partial charge < -0.3 is 15.8 Å². The van der Waals surface area contributed by atoms with Crippen molar-refractivity contribution in [3.8, 4) is 0 Å². The van der Waals surface area contributed by atoms with Crippen LogP contribution in [0.4, 0.5) is 0 Å². The molecule has 1 aliphatic carbocycles. The second-order valence-corrected chi connectivity index (χ2v) is 5.66. The Morgan fingerprint density at radius 3 is 2.65 bits per heavy atom. The van der Waals surface area contributed by atoms with Gasteiger partial charge in [0.1, 0.15) is 0 Å². The van der Waals surface area contributed by atoms with Crippen molar-refractivity contribution in [3.63, 3.8) is 0 Å². The molecule has 0 bridgehead atoms. The highest BCUT2D eigenvalue weighted by atomic mass is 16.5. The van der Waals surface area contributed by atoms with Gasteiger partial charge in [0.05, 0.1) is 18.1 Å². The Balaban J connectivity index is 1.88. The van der Waals surface area contributed by atoms with Crippen molar-refractivity contribution >= 4 is 5.91 Å². The Bertz CT molecular complexity index is 277. The third-order valence-electron chi connectivity index (χ3n) is 3.95. The standard InChI is InChI=1S/C13H24N2O2/c1-8(2)10(7-14)13(16)15-11-5-6-17-12(11)9-3-4-9/h8-12H,3-7,14H2,1-2H3,(H,15,16). The second-order valence-electron chi connectivity index (χ2n) is 5.66. The van der Waals surface area contributed by atoms with Crippen LogP contribution in [0, 0.1) is 17.8 Å². The predicted octanol–water partition coefficient (Wildman–Crippen LogP) is 0.901. The molecule has 1 heterocycles. The zero-order valence-corrected chi connectivity index (χ0v) is 10.8. The molecule has 2 fully saturated rings. The first kappa shape index (κ1) is 12.8. The molecule has 3 atom stereocenters. The molecule has 98 valence electrons. The molecule has 0 aromatic rings. The third-order valence-corrected chi connectivity index (χ3v) is 3.95. The molecule has 2 aliphatic rings. The fourth-order valence-electron chi connectivity index (χ4n) is 2.63. The van der Waals surface area contributed by atoms with E-state index in [0.29, 0.717) is 18.4 Å². The van der Waals surface area contributed by atoms with Crippen LogP contribution in [-0.2, 0) is 9.53 Å². The summed E-state index contributed by atoms with van der Waals surface area (Å²) < 4.78 is 5.72. The van der Waals surface area contributed by atoms with Crippen molar-refractivity contribution in [1.29, 1.82) is 0 Å². The van der Waals surface area contributed by atoms with Gasteiger partial charge in [-0.3, -0.25) is 4.79 Å². The van der Waals surface area contributed by atoms with Crippen LogP contribution >= 0.6 is 0 Å². The van der Waals surface area contributed by atoms with Crippen molar-refractivity contribution < 1.29 is 9.53 Å². The Labute approximate surface area is 103 Å². The summed E-state index contributed by atoms with van der Waals surface area (Å²) in [5.41, 5.74) is 5.66. The van der Waals surface area contributed by atoms with Crippen LogP contribution < -0.4 is 11.1 Å². The van der Waals surface area contributed by atoms with Gasteiger partial charge in [0.25, 0.3) is 0 Å². The van der Waals surface area contributed by atoms with E-state index in [4.69, 9.17) is 10.5 Å². The lowest BCUT2D eigenvalue weighted by Crippen LogP contribution is -2.46. The van der Waals surface area contributed by atoms with Crippen molar-refractivity contribution in [2.75, 3.05) is 13.2 Å². The summed E-state index contributed by atoms with van der Waals surface area (Å²) in [6, 6.07) is 0.211. The number of rotatable bonds is 5. The van der Waals surface area contributed by atoms with Crippen LogP contribution in [0.2, 0.25) is 0 Å². The average molecular weight is 240 g/mol. The average Bonchev–Trinajstić information content (AvgIpc) is 3.00. The van der Waals surface area contributed by atoms with Gasteiger partial charge in [-0.25, -0.2) is 0 Å². The molecule has 1 aliphatic heterocycles. The number of nitrogens with two attached hydrogens (primary N) is 1. The van der Waals surface area contributed by atoms with E-state index in [1.54, 1.807) is 0 Å². The summed E-state index contributed by atoms with van der Waals surface area (Å²) in [5, 5.41) is 3.14. The summed E-state index contributed by atoms with van der Waals surface area (Å²) in [5.74, 6) is 0.999. The minimum Gasteiger partial charge on any atom is -0.376 e. The molecule has 17 heavy (non-hydrogen) atoms. The molecule has 0 radical (unpaired) electrons. The summed E-state index contributed by atoms with van der Waals surface area (Å²) >= 11 is 0. The second kappa shape index (κ2) is 5.36. The molecule has 4 heteroatoms. The quantitative estimate of drug-likeness (QED) is 0.750. The first-order valence-electron chi connectivity index (χ1n) is 6.75. The zero-order valence-electron chi connectivity index (χ0n) is 10.8. The fraction of sp³-hybridized carbons (Fsp3) is 0.923. The molecular formula is C13H24N2O2. The largest absolute Gasteiger partial charge is 0.376 e. The maximum Gasteiger partial charge on any atom is 0.224 e. The first-order valence-corrected chi connectivity index (χ1v) is 6.75. The Morgan fingerprint density at radius 1 is 1.41 bits per heavy atom. The Morgan fingerprint density at radius 2 is 2.12 bits per heavy atom. The van der Waals surface area contributed by atoms with Crippen molar-refractivity contribution in [2.24, 2.45) is 23.5 Å². The van der Waals surface area contributed by atoms with Gasteiger partial charge in [-0.1, -0.05) is 13.8 Å². The lowest BCUT2D eigenvalue weighted by molar-refractivity contribution is -0.127. The SMILES string of the molecule is CC(C)C(CN)C(=O)NC1CCOC1C1CC1. The number of carbonyl (C=O) groups is 1. The molecule has 1 amide bonds. The van der Waals surface area contributed by atoms with E-state index in [-0.39, 0.29) is 24.0 Å².